The summed E-state index contributed by atoms with van der Waals surface area (Å²) in [5, 5.41) is 21.1. The van der Waals surface area contributed by atoms with E-state index >= 15 is 0 Å². The van der Waals surface area contributed by atoms with E-state index in [2.05, 4.69) is 55.9 Å². The first-order valence-electron chi connectivity index (χ1n) is 38.9. The van der Waals surface area contributed by atoms with E-state index in [9.17, 15) is 48.0 Å². The van der Waals surface area contributed by atoms with Gasteiger partial charge < -0.3 is 50.4 Å². The largest absolute Gasteiger partial charge is 0.472 e. The van der Waals surface area contributed by atoms with Gasteiger partial charge in [-0.3, -0.25) is 42.1 Å². The van der Waals surface area contributed by atoms with Crippen LogP contribution in [0.4, 0.5) is 0 Å². The summed E-state index contributed by atoms with van der Waals surface area (Å²) in [6.45, 7) is 9.13. The Morgan fingerprint density at radius 2 is 0.656 bits per heavy atom. The lowest BCUT2D eigenvalue weighted by Crippen LogP contribution is -2.41. The maximum absolute atomic E-state index is 13.2. The number of phosphoric ester groups is 2. The number of ether oxygens (including phenoxy) is 3. The fraction of sp³-hybridized carbons (Fsp3) is 0.932. The highest BCUT2D eigenvalue weighted by Crippen LogP contribution is 2.44. The van der Waals surface area contributed by atoms with Gasteiger partial charge in [0.25, 0.3) is 0 Å². The van der Waals surface area contributed by atoms with E-state index in [0.717, 1.165) is 122 Å². The molecular formula is C73H144N4O17P2. The Kier molecular flexibility index (Phi) is 66.4. The number of aliphatic hydroxyl groups is 1. The minimum Gasteiger partial charge on any atom is -0.462 e. The Labute approximate surface area is 583 Å². The van der Waals surface area contributed by atoms with E-state index in [1.165, 1.54) is 135 Å². The molecule has 568 valence electrons. The van der Waals surface area contributed by atoms with Crippen LogP contribution < -0.4 is 21.3 Å². The summed E-state index contributed by atoms with van der Waals surface area (Å²) >= 11 is 0. The van der Waals surface area contributed by atoms with Gasteiger partial charge in [-0.1, -0.05) is 272 Å². The van der Waals surface area contributed by atoms with Gasteiger partial charge in [-0.25, -0.2) is 9.13 Å². The number of aliphatic hydroxyl groups excluding tert-OH is 1. The molecule has 0 aromatic carbocycles. The number of hydrogen-bond donors (Lipinski definition) is 7. The number of nitrogens with one attached hydrogen (secondary N) is 4. The summed E-state index contributed by atoms with van der Waals surface area (Å²) in [4.78, 5) is 85.5. The lowest BCUT2D eigenvalue weighted by molar-refractivity contribution is -0.150. The maximum atomic E-state index is 13.2. The average molecular weight is 1410 g/mol. The molecule has 21 nitrogen and oxygen atoms in total. The summed E-state index contributed by atoms with van der Waals surface area (Å²) in [5.74, 6) is -2.14. The van der Waals surface area contributed by atoms with Crippen LogP contribution in [0.5, 0.6) is 0 Å². The highest BCUT2D eigenvalue weighted by atomic mass is 31.2. The molecule has 0 aliphatic rings. The lowest BCUT2D eigenvalue weighted by atomic mass is 10.1. The molecule has 23 heteroatoms. The van der Waals surface area contributed by atoms with Crippen LogP contribution in [-0.2, 0) is 65.4 Å². The van der Waals surface area contributed by atoms with Gasteiger partial charge in [0.2, 0.25) is 23.6 Å². The Bertz CT molecular complexity index is 1930. The molecule has 7 N–H and O–H groups in total. The van der Waals surface area contributed by atoms with Gasteiger partial charge in [0.05, 0.1) is 64.4 Å². The zero-order valence-electron chi connectivity index (χ0n) is 61.5. The molecule has 0 aromatic heterocycles. The Morgan fingerprint density at radius 3 is 1.02 bits per heavy atom. The van der Waals surface area contributed by atoms with Crippen LogP contribution >= 0.6 is 15.6 Å². The van der Waals surface area contributed by atoms with Crippen LogP contribution in [-0.4, -0.2) is 135 Å². The second-order valence-corrected chi connectivity index (χ2v) is 29.6. The number of phosphoric acid groups is 2. The normalized spacial score (nSPS) is 14.1. The quantitative estimate of drug-likeness (QED) is 0.0129. The molecular weight excluding hydrogens is 1270 g/mol. The van der Waals surface area contributed by atoms with Gasteiger partial charge in [-0.2, -0.15) is 0 Å². The Hall–Kier alpha value is -2.55. The number of esters is 1. The molecule has 0 heterocycles. The van der Waals surface area contributed by atoms with Crippen LogP contribution in [0, 0.1) is 0 Å². The van der Waals surface area contributed by atoms with Crippen LogP contribution in [0.15, 0.2) is 0 Å². The third-order valence-corrected chi connectivity index (χ3v) is 19.1. The number of hydrogen-bond acceptors (Lipinski definition) is 15. The van der Waals surface area contributed by atoms with Crippen LogP contribution in [0.2, 0.25) is 0 Å². The van der Waals surface area contributed by atoms with Gasteiger partial charge in [0.15, 0.2) is 0 Å². The van der Waals surface area contributed by atoms with Crippen LogP contribution in [0.3, 0.4) is 0 Å². The molecule has 0 saturated carbocycles. The Balaban J connectivity index is 5.25. The number of carbonyl (C=O) groups is 5. The summed E-state index contributed by atoms with van der Waals surface area (Å²) in [6, 6.07) is -1.59. The highest BCUT2D eigenvalue weighted by Gasteiger charge is 2.27. The topological polar surface area (TPSA) is 293 Å². The molecule has 0 aliphatic carbocycles. The predicted molar refractivity (Wildman–Crippen MR) is 385 cm³/mol. The number of amides is 4. The number of unbranched alkanes of at least 4 members (excludes halogenated alkanes) is 36. The van der Waals surface area contributed by atoms with Gasteiger partial charge in [0.1, 0.15) is 12.5 Å². The van der Waals surface area contributed by atoms with Crippen molar-refractivity contribution in [2.45, 2.75) is 374 Å². The third kappa shape index (κ3) is 66.0. The first kappa shape index (κ1) is 93.5. The molecule has 0 saturated heterocycles. The molecule has 0 aliphatic heterocycles. The minimum atomic E-state index is -4.71. The van der Waals surface area contributed by atoms with Crippen molar-refractivity contribution in [3.8, 4) is 0 Å². The zero-order valence-corrected chi connectivity index (χ0v) is 63.3. The van der Waals surface area contributed by atoms with Gasteiger partial charge in [-0.15, -0.1) is 0 Å². The standard InChI is InChI=1S/C73H144N4O17P2/c1-6-11-16-21-24-27-29-32-34-39-44-49-69(79)76-65(61-88-56-52-67(78)47-42-37-19-14-9-4)63-92-95(84,85)90-58-54-74-71(81)60-72(82)75-55-59-91-96(86,87)93-64-66(77-70(80)50-45-40-35-33-30-28-25-22-17-12-7-2)62-89-57-53-68(48-43-38-20-15-10-5)94-73(83)51-46-41-36-31-26-23-18-13-8-3/h65-68,78H,6-64H2,1-5H3,(H,74,81)(H,75,82)(H,76,79)(H,77,80)(H,84,85)(H,86,87)/t65-,66+,67+,68+/m0/s1. The molecule has 6 atom stereocenters. The fourth-order valence-electron chi connectivity index (χ4n) is 11.3. The number of carbonyl (C=O) groups excluding carboxylic acids is 5. The van der Waals surface area contributed by atoms with E-state index in [1.807, 2.05) is 0 Å². The second-order valence-electron chi connectivity index (χ2n) is 26.6. The monoisotopic (exact) mass is 1410 g/mol. The molecule has 0 radical (unpaired) electrons. The minimum absolute atomic E-state index is 0.0234. The summed E-state index contributed by atoms with van der Waals surface area (Å²) in [6.07, 6.45) is 48.1. The van der Waals surface area contributed by atoms with Crippen molar-refractivity contribution in [1.29, 1.82) is 0 Å². The van der Waals surface area contributed by atoms with Crippen molar-refractivity contribution in [3.05, 3.63) is 0 Å². The number of rotatable bonds is 75. The van der Waals surface area contributed by atoms with Crippen molar-refractivity contribution in [3.63, 3.8) is 0 Å². The van der Waals surface area contributed by atoms with Crippen molar-refractivity contribution in [2.75, 3.05) is 65.9 Å². The Morgan fingerprint density at radius 1 is 0.344 bits per heavy atom. The summed E-state index contributed by atoms with van der Waals surface area (Å²) in [5.41, 5.74) is 0. The van der Waals surface area contributed by atoms with Crippen molar-refractivity contribution >= 4 is 45.2 Å². The predicted octanol–water partition coefficient (Wildman–Crippen LogP) is 17.0. The van der Waals surface area contributed by atoms with Crippen molar-refractivity contribution in [2.24, 2.45) is 0 Å². The van der Waals surface area contributed by atoms with E-state index < -0.39 is 78.5 Å². The van der Waals surface area contributed by atoms with Crippen molar-refractivity contribution in [1.82, 2.24) is 21.3 Å². The fourth-order valence-corrected chi connectivity index (χ4v) is 12.8. The molecule has 0 bridgehead atoms. The summed E-state index contributed by atoms with van der Waals surface area (Å²) in [7, 11) is -9.39. The smallest absolute Gasteiger partial charge is 0.462 e. The lowest BCUT2D eigenvalue weighted by Gasteiger charge is -2.22. The molecule has 96 heavy (non-hydrogen) atoms. The highest BCUT2D eigenvalue weighted by molar-refractivity contribution is 7.47. The molecule has 0 fully saturated rings. The average Bonchev–Trinajstić information content (AvgIpc) is 2.72. The van der Waals surface area contributed by atoms with E-state index in [1.54, 1.807) is 0 Å². The summed E-state index contributed by atoms with van der Waals surface area (Å²) < 4.78 is 64.6. The molecule has 2 unspecified atom stereocenters. The first-order valence-corrected chi connectivity index (χ1v) is 41.9. The second kappa shape index (κ2) is 68.2. The maximum Gasteiger partial charge on any atom is 0.472 e. The van der Waals surface area contributed by atoms with E-state index in [-0.39, 0.29) is 76.2 Å². The molecule has 4 amide bonds. The van der Waals surface area contributed by atoms with Crippen molar-refractivity contribution < 1.29 is 80.3 Å². The van der Waals surface area contributed by atoms with E-state index in [4.69, 9.17) is 32.3 Å². The van der Waals surface area contributed by atoms with Gasteiger partial charge in [0, 0.05) is 45.4 Å². The van der Waals surface area contributed by atoms with E-state index in [0.29, 0.717) is 38.5 Å². The SMILES string of the molecule is CCCCCCCCCCCCCC(=O)N[C@H](COCC[C@@H](CCCCCCC)OC(=O)CCCCCCCCCCC)COP(=O)(O)OCCNC(=O)CC(=O)NCCOP(=O)(O)OC[C@H](COCC[C@H](O)CCCCCCC)NC(=O)CCCCCCCCCCCCC. The van der Waals surface area contributed by atoms with Crippen LogP contribution in [0.1, 0.15) is 349 Å². The van der Waals surface area contributed by atoms with Gasteiger partial charge >= 0.3 is 21.6 Å². The third-order valence-electron chi connectivity index (χ3n) is 17.2. The van der Waals surface area contributed by atoms with Crippen LogP contribution in [0.25, 0.3) is 0 Å². The van der Waals surface area contributed by atoms with Gasteiger partial charge in [-0.05, 0) is 44.9 Å². The molecule has 0 aromatic rings. The zero-order chi connectivity index (χ0) is 70.7. The first-order chi connectivity index (χ1) is 46.5. The molecule has 0 rings (SSSR count). The molecule has 0 spiro atoms.